The van der Waals surface area contributed by atoms with E-state index in [4.69, 9.17) is 4.74 Å². The number of halogens is 3. The van der Waals surface area contributed by atoms with Crippen molar-refractivity contribution in [2.75, 3.05) is 13.7 Å². The lowest BCUT2D eigenvalue weighted by atomic mass is 9.88. The van der Waals surface area contributed by atoms with Gasteiger partial charge in [-0.1, -0.05) is 0 Å². The summed E-state index contributed by atoms with van der Waals surface area (Å²) in [5, 5.41) is 0. The Kier molecular flexibility index (Phi) is 4.79. The molecule has 4 nitrogen and oxygen atoms in total. The maximum Gasteiger partial charge on any atom is 0.523 e. The molecule has 1 aliphatic carbocycles. The number of rotatable bonds is 4. The third-order valence-corrected chi connectivity index (χ3v) is 3.88. The highest BCUT2D eigenvalue weighted by Gasteiger charge is 2.47. The third-order valence-electron chi connectivity index (χ3n) is 2.87. The highest BCUT2D eigenvalue weighted by Crippen LogP contribution is 2.29. The molecule has 1 aliphatic rings. The fourth-order valence-corrected chi connectivity index (χ4v) is 2.29. The van der Waals surface area contributed by atoms with Crippen LogP contribution in [0.1, 0.15) is 25.7 Å². The van der Waals surface area contributed by atoms with Crippen LogP contribution < -0.4 is 0 Å². The summed E-state index contributed by atoms with van der Waals surface area (Å²) in [6.07, 6.45) is 2.79. The molecule has 0 aromatic carbocycles. The highest BCUT2D eigenvalue weighted by molar-refractivity contribution is 7.87. The molecule has 1 fully saturated rings. The van der Waals surface area contributed by atoms with Crippen LogP contribution in [-0.2, 0) is 19.0 Å². The Bertz CT molecular complexity index is 331. The largest absolute Gasteiger partial charge is 0.523 e. The van der Waals surface area contributed by atoms with Gasteiger partial charge in [-0.05, 0) is 31.6 Å². The van der Waals surface area contributed by atoms with Crippen LogP contribution in [0.5, 0.6) is 0 Å². The zero-order valence-electron chi connectivity index (χ0n) is 9.37. The van der Waals surface area contributed by atoms with Crippen molar-refractivity contribution in [2.24, 2.45) is 5.92 Å². The molecule has 0 atom stereocenters. The summed E-state index contributed by atoms with van der Waals surface area (Å²) >= 11 is 0. The molecule has 8 heteroatoms. The van der Waals surface area contributed by atoms with Gasteiger partial charge in [0.2, 0.25) is 0 Å². The topological polar surface area (TPSA) is 52.6 Å². The summed E-state index contributed by atoms with van der Waals surface area (Å²) in [7, 11) is -3.87. The Labute approximate surface area is 98.2 Å². The summed E-state index contributed by atoms with van der Waals surface area (Å²) < 4.78 is 66.3. The molecule has 1 rings (SSSR count). The predicted molar refractivity (Wildman–Crippen MR) is 53.7 cm³/mol. The van der Waals surface area contributed by atoms with Crippen molar-refractivity contribution >= 4 is 10.1 Å². The number of hydrogen-bond donors (Lipinski definition) is 0. The van der Waals surface area contributed by atoms with Gasteiger partial charge in [-0.3, -0.25) is 4.18 Å². The van der Waals surface area contributed by atoms with E-state index < -0.39 is 22.2 Å². The Morgan fingerprint density at radius 3 is 2.12 bits per heavy atom. The summed E-state index contributed by atoms with van der Waals surface area (Å²) in [6, 6.07) is 0. The summed E-state index contributed by atoms with van der Waals surface area (Å²) in [4.78, 5) is 0. The van der Waals surface area contributed by atoms with E-state index in [9.17, 15) is 21.6 Å². The second kappa shape index (κ2) is 5.53. The van der Waals surface area contributed by atoms with Gasteiger partial charge in [0, 0.05) is 7.11 Å². The first-order valence-electron chi connectivity index (χ1n) is 5.24. The summed E-state index contributed by atoms with van der Waals surface area (Å²) in [5.74, 6) is -0.154. The third kappa shape index (κ3) is 4.11. The van der Waals surface area contributed by atoms with Crippen LogP contribution >= 0.6 is 0 Å². The van der Waals surface area contributed by atoms with E-state index in [-0.39, 0.29) is 12.0 Å². The normalized spacial score (nSPS) is 27.1. The van der Waals surface area contributed by atoms with E-state index in [1.54, 1.807) is 7.11 Å². The van der Waals surface area contributed by atoms with Crippen molar-refractivity contribution in [1.29, 1.82) is 0 Å². The van der Waals surface area contributed by atoms with Crippen molar-refractivity contribution in [1.82, 2.24) is 0 Å². The van der Waals surface area contributed by atoms with Gasteiger partial charge < -0.3 is 4.74 Å². The van der Waals surface area contributed by atoms with E-state index in [1.807, 2.05) is 0 Å². The fraction of sp³-hybridized carbons (Fsp3) is 1.00. The molecule has 1 saturated carbocycles. The van der Waals surface area contributed by atoms with Gasteiger partial charge in [-0.15, -0.1) is 0 Å². The first kappa shape index (κ1) is 14.7. The second-order valence-corrected chi connectivity index (χ2v) is 5.67. The van der Waals surface area contributed by atoms with Crippen molar-refractivity contribution in [3.63, 3.8) is 0 Å². The molecular formula is C9H15F3O4S. The maximum absolute atomic E-state index is 12.0. The zero-order valence-corrected chi connectivity index (χ0v) is 10.2. The minimum absolute atomic E-state index is 0.116. The van der Waals surface area contributed by atoms with Crippen LogP contribution in [0.2, 0.25) is 0 Å². The highest BCUT2D eigenvalue weighted by atomic mass is 32.2. The van der Waals surface area contributed by atoms with Gasteiger partial charge in [0.1, 0.15) is 0 Å². The van der Waals surface area contributed by atoms with Crippen LogP contribution in [-0.4, -0.2) is 33.7 Å². The van der Waals surface area contributed by atoms with Gasteiger partial charge in [0.05, 0.1) is 12.7 Å². The maximum atomic E-state index is 12.0. The molecule has 0 aromatic heterocycles. The van der Waals surface area contributed by atoms with Crippen LogP contribution in [0.3, 0.4) is 0 Å². The van der Waals surface area contributed by atoms with Crippen molar-refractivity contribution < 1.29 is 30.5 Å². The Hall–Kier alpha value is -0.340. The predicted octanol–water partition coefficient (Wildman–Crippen LogP) is 2.06. The van der Waals surface area contributed by atoms with Crippen LogP contribution in [0, 0.1) is 5.92 Å². The average Bonchev–Trinajstić information content (AvgIpc) is 2.25. The van der Waals surface area contributed by atoms with E-state index in [2.05, 4.69) is 4.18 Å². The minimum Gasteiger partial charge on any atom is -0.381 e. The molecule has 0 spiro atoms. The van der Waals surface area contributed by atoms with Gasteiger partial charge in [-0.2, -0.15) is 21.6 Å². The Morgan fingerprint density at radius 1 is 1.18 bits per heavy atom. The SMILES string of the molecule is CO[C@H]1CC[C@H](COS(=O)(=O)C(F)(F)F)CC1. The second-order valence-electron chi connectivity index (χ2n) is 4.06. The van der Waals surface area contributed by atoms with Crippen LogP contribution in [0.25, 0.3) is 0 Å². The van der Waals surface area contributed by atoms with E-state index in [0.717, 1.165) is 12.8 Å². The monoisotopic (exact) mass is 276 g/mol. The minimum atomic E-state index is -5.45. The molecular weight excluding hydrogens is 261 g/mol. The number of ether oxygens (including phenoxy) is 1. The smallest absolute Gasteiger partial charge is 0.381 e. The molecule has 0 bridgehead atoms. The number of alkyl halides is 3. The van der Waals surface area contributed by atoms with Gasteiger partial charge in [0.25, 0.3) is 0 Å². The summed E-state index contributed by atoms with van der Waals surface area (Å²) in [6.45, 7) is -0.404. The zero-order chi connectivity index (χ0) is 13.1. The van der Waals surface area contributed by atoms with Gasteiger partial charge in [0.15, 0.2) is 0 Å². The average molecular weight is 276 g/mol. The van der Waals surface area contributed by atoms with E-state index in [1.165, 1.54) is 0 Å². The molecule has 0 unspecified atom stereocenters. The Morgan fingerprint density at radius 2 is 1.71 bits per heavy atom. The molecule has 0 aromatic rings. The van der Waals surface area contributed by atoms with Crippen LogP contribution in [0.4, 0.5) is 13.2 Å². The number of methoxy groups -OCH3 is 1. The van der Waals surface area contributed by atoms with Gasteiger partial charge >= 0.3 is 15.6 Å². The standard InChI is InChI=1S/C9H15F3O4S/c1-15-8-4-2-7(3-5-8)6-16-17(13,14)9(10,11)12/h7-8H,2-6H2,1H3/t7-,8-. The lowest BCUT2D eigenvalue weighted by molar-refractivity contribution is -0.0558. The van der Waals surface area contributed by atoms with E-state index in [0.29, 0.717) is 12.8 Å². The quantitative estimate of drug-likeness (QED) is 0.582. The van der Waals surface area contributed by atoms with Gasteiger partial charge in [-0.25, -0.2) is 0 Å². The molecule has 0 radical (unpaired) electrons. The Balaban J connectivity index is 2.38. The molecule has 0 N–H and O–H groups in total. The lowest BCUT2D eigenvalue weighted by Crippen LogP contribution is -2.29. The molecule has 17 heavy (non-hydrogen) atoms. The number of hydrogen-bond acceptors (Lipinski definition) is 4. The van der Waals surface area contributed by atoms with Crippen LogP contribution in [0.15, 0.2) is 0 Å². The van der Waals surface area contributed by atoms with Crippen molar-refractivity contribution in [3.05, 3.63) is 0 Å². The van der Waals surface area contributed by atoms with E-state index >= 15 is 0 Å². The molecule has 0 saturated heterocycles. The molecule has 102 valence electrons. The molecule has 0 amide bonds. The fourth-order valence-electron chi connectivity index (χ4n) is 1.79. The molecule has 0 aliphatic heterocycles. The summed E-state index contributed by atoms with van der Waals surface area (Å²) in [5.41, 5.74) is -5.34. The first-order valence-corrected chi connectivity index (χ1v) is 6.65. The van der Waals surface area contributed by atoms with Crippen molar-refractivity contribution in [2.45, 2.75) is 37.3 Å². The lowest BCUT2D eigenvalue weighted by Gasteiger charge is -2.27. The molecule has 0 heterocycles. The first-order chi connectivity index (χ1) is 7.76. The van der Waals surface area contributed by atoms with Crippen molar-refractivity contribution in [3.8, 4) is 0 Å².